The van der Waals surface area contributed by atoms with Crippen molar-refractivity contribution in [2.24, 2.45) is 0 Å². The van der Waals surface area contributed by atoms with Crippen molar-refractivity contribution in [3.8, 4) is 16.9 Å². The highest BCUT2D eigenvalue weighted by molar-refractivity contribution is 6.00. The summed E-state index contributed by atoms with van der Waals surface area (Å²) in [5.41, 5.74) is 2.47. The van der Waals surface area contributed by atoms with Crippen LogP contribution < -0.4 is 0 Å². The second-order valence-electron chi connectivity index (χ2n) is 6.38. The first-order chi connectivity index (χ1) is 12.1. The molecule has 3 rings (SSSR count). The van der Waals surface area contributed by atoms with Gasteiger partial charge in [-0.25, -0.2) is 9.18 Å². The monoisotopic (exact) mass is 343 g/mol. The van der Waals surface area contributed by atoms with Crippen molar-refractivity contribution >= 4 is 5.97 Å². The van der Waals surface area contributed by atoms with Gasteiger partial charge >= 0.3 is 5.97 Å². The molecule has 0 saturated heterocycles. The van der Waals surface area contributed by atoms with Crippen molar-refractivity contribution in [3.05, 3.63) is 47.0 Å². The molecule has 0 unspecified atom stereocenters. The average molecular weight is 343 g/mol. The fraction of sp³-hybridized carbons (Fsp3) is 0.400. The summed E-state index contributed by atoms with van der Waals surface area (Å²) < 4.78 is 18.3. The number of benzene rings is 1. The maximum absolute atomic E-state index is 13.3. The summed E-state index contributed by atoms with van der Waals surface area (Å²) in [6.45, 7) is 1.92. The Morgan fingerprint density at radius 2 is 1.92 bits per heavy atom. The summed E-state index contributed by atoms with van der Waals surface area (Å²) in [6.07, 6.45) is 4.71. The van der Waals surface area contributed by atoms with Gasteiger partial charge in [-0.15, -0.1) is 0 Å². The van der Waals surface area contributed by atoms with E-state index >= 15 is 0 Å². The molecule has 1 aliphatic carbocycles. The standard InChI is InChI=1S/C20H22FNO3/c1-3-15-17(20(24)25-2)16(12-8-10-14(21)11-9-12)19(23)18(22-15)13-6-4-5-7-13/h8-11,13,23H,3-7H2,1-2H3. The first kappa shape index (κ1) is 17.4. The van der Waals surface area contributed by atoms with Crippen molar-refractivity contribution < 1.29 is 19.0 Å². The van der Waals surface area contributed by atoms with Crippen molar-refractivity contribution in [2.45, 2.75) is 44.9 Å². The number of carbonyl (C=O) groups excluding carboxylic acids is 1. The first-order valence-electron chi connectivity index (χ1n) is 8.66. The topological polar surface area (TPSA) is 59.4 Å². The molecule has 0 amide bonds. The van der Waals surface area contributed by atoms with Gasteiger partial charge in [-0.05, 0) is 37.0 Å². The zero-order valence-corrected chi connectivity index (χ0v) is 14.5. The molecule has 1 saturated carbocycles. The minimum absolute atomic E-state index is 0.0103. The number of aryl methyl sites for hydroxylation is 1. The number of carbonyl (C=O) groups is 1. The van der Waals surface area contributed by atoms with Gasteiger partial charge in [0.25, 0.3) is 0 Å². The number of aromatic hydroxyl groups is 1. The van der Waals surface area contributed by atoms with Crippen LogP contribution in [0.15, 0.2) is 24.3 Å². The largest absolute Gasteiger partial charge is 0.505 e. The van der Waals surface area contributed by atoms with Crippen molar-refractivity contribution in [2.75, 3.05) is 7.11 Å². The molecule has 1 aromatic heterocycles. The third kappa shape index (κ3) is 3.23. The molecule has 0 radical (unpaired) electrons. The molecule has 1 N–H and O–H groups in total. The van der Waals surface area contributed by atoms with E-state index in [1.807, 2.05) is 6.92 Å². The van der Waals surface area contributed by atoms with E-state index in [0.29, 0.717) is 28.9 Å². The Morgan fingerprint density at radius 1 is 1.28 bits per heavy atom. The van der Waals surface area contributed by atoms with E-state index in [1.54, 1.807) is 12.1 Å². The van der Waals surface area contributed by atoms with Crippen LogP contribution in [0.5, 0.6) is 5.75 Å². The van der Waals surface area contributed by atoms with Crippen LogP contribution in [0.3, 0.4) is 0 Å². The second-order valence-corrected chi connectivity index (χ2v) is 6.38. The van der Waals surface area contributed by atoms with Crippen LogP contribution in [0.25, 0.3) is 11.1 Å². The summed E-state index contributed by atoms with van der Waals surface area (Å²) in [7, 11) is 1.30. The van der Waals surface area contributed by atoms with Gasteiger partial charge < -0.3 is 9.84 Å². The molecule has 2 aromatic rings. The molecule has 1 fully saturated rings. The number of rotatable bonds is 4. The average Bonchev–Trinajstić information content (AvgIpc) is 3.16. The maximum atomic E-state index is 13.3. The molecule has 1 aliphatic rings. The Kier molecular flexibility index (Phi) is 5.02. The van der Waals surface area contributed by atoms with E-state index in [-0.39, 0.29) is 23.0 Å². The van der Waals surface area contributed by atoms with Gasteiger partial charge in [-0.1, -0.05) is 31.9 Å². The number of pyridine rings is 1. The third-order valence-electron chi connectivity index (χ3n) is 4.87. The minimum Gasteiger partial charge on any atom is -0.505 e. The van der Waals surface area contributed by atoms with Crippen LogP contribution in [0.1, 0.15) is 60.3 Å². The molecule has 0 atom stereocenters. The van der Waals surface area contributed by atoms with Crippen LogP contribution in [-0.4, -0.2) is 23.2 Å². The molecule has 1 aromatic carbocycles. The van der Waals surface area contributed by atoms with Gasteiger partial charge in [-0.3, -0.25) is 4.98 Å². The normalized spacial score (nSPS) is 14.7. The highest BCUT2D eigenvalue weighted by atomic mass is 19.1. The van der Waals surface area contributed by atoms with E-state index in [1.165, 1.54) is 19.2 Å². The molecule has 0 aliphatic heterocycles. The highest BCUT2D eigenvalue weighted by Crippen LogP contribution is 2.44. The van der Waals surface area contributed by atoms with E-state index in [2.05, 4.69) is 4.98 Å². The maximum Gasteiger partial charge on any atom is 0.340 e. The summed E-state index contributed by atoms with van der Waals surface area (Å²) in [4.78, 5) is 17.0. The van der Waals surface area contributed by atoms with Crippen LogP contribution in [0, 0.1) is 5.82 Å². The molecular weight excluding hydrogens is 321 g/mol. The van der Waals surface area contributed by atoms with Crippen LogP contribution in [-0.2, 0) is 11.2 Å². The van der Waals surface area contributed by atoms with E-state index in [4.69, 9.17) is 4.74 Å². The molecule has 1 heterocycles. The van der Waals surface area contributed by atoms with Gasteiger partial charge in [0.05, 0.1) is 24.1 Å². The summed E-state index contributed by atoms with van der Waals surface area (Å²) in [5.74, 6) is -0.715. The van der Waals surface area contributed by atoms with Crippen molar-refractivity contribution in [1.29, 1.82) is 0 Å². The smallest absolute Gasteiger partial charge is 0.340 e. The van der Waals surface area contributed by atoms with E-state index in [0.717, 1.165) is 25.7 Å². The minimum atomic E-state index is -0.544. The zero-order valence-electron chi connectivity index (χ0n) is 14.5. The number of methoxy groups -OCH3 is 1. The Morgan fingerprint density at radius 3 is 2.48 bits per heavy atom. The Hall–Kier alpha value is -2.43. The van der Waals surface area contributed by atoms with Crippen LogP contribution >= 0.6 is 0 Å². The number of hydrogen-bond donors (Lipinski definition) is 1. The number of esters is 1. The zero-order chi connectivity index (χ0) is 18.0. The van der Waals surface area contributed by atoms with Crippen molar-refractivity contribution in [1.82, 2.24) is 4.98 Å². The highest BCUT2D eigenvalue weighted by Gasteiger charge is 2.29. The van der Waals surface area contributed by atoms with Gasteiger partial charge in [0.15, 0.2) is 0 Å². The van der Waals surface area contributed by atoms with Gasteiger partial charge in [0, 0.05) is 11.5 Å². The molecule has 0 spiro atoms. The third-order valence-corrected chi connectivity index (χ3v) is 4.87. The lowest BCUT2D eigenvalue weighted by Crippen LogP contribution is -2.13. The Balaban J connectivity index is 2.28. The molecule has 132 valence electrons. The molecule has 0 bridgehead atoms. The molecular formula is C20H22FNO3. The summed E-state index contributed by atoms with van der Waals surface area (Å²) >= 11 is 0. The Bertz CT molecular complexity index is 781. The predicted molar refractivity (Wildman–Crippen MR) is 93.2 cm³/mol. The number of nitrogens with zero attached hydrogens (tertiary/aromatic N) is 1. The molecule has 25 heavy (non-hydrogen) atoms. The summed E-state index contributed by atoms with van der Waals surface area (Å²) in [5, 5.41) is 11.0. The van der Waals surface area contributed by atoms with Gasteiger partial charge in [0.1, 0.15) is 11.6 Å². The number of ether oxygens (including phenoxy) is 1. The fourth-order valence-corrected chi connectivity index (χ4v) is 3.60. The number of halogens is 1. The van der Waals surface area contributed by atoms with E-state index < -0.39 is 5.97 Å². The van der Waals surface area contributed by atoms with Gasteiger partial charge in [0.2, 0.25) is 0 Å². The fourth-order valence-electron chi connectivity index (χ4n) is 3.60. The first-order valence-corrected chi connectivity index (χ1v) is 8.66. The number of aromatic nitrogens is 1. The SMILES string of the molecule is CCc1nc(C2CCCC2)c(O)c(-c2ccc(F)cc2)c1C(=O)OC. The quantitative estimate of drug-likeness (QED) is 0.824. The predicted octanol–water partition coefficient (Wildman–Crippen LogP) is 4.60. The van der Waals surface area contributed by atoms with Crippen LogP contribution in [0.2, 0.25) is 0 Å². The lowest BCUT2D eigenvalue weighted by molar-refractivity contribution is 0.0599. The van der Waals surface area contributed by atoms with Crippen LogP contribution in [0.4, 0.5) is 4.39 Å². The molecule has 4 nitrogen and oxygen atoms in total. The number of hydrogen-bond acceptors (Lipinski definition) is 4. The van der Waals surface area contributed by atoms with E-state index in [9.17, 15) is 14.3 Å². The lowest BCUT2D eigenvalue weighted by atomic mass is 9.91. The summed E-state index contributed by atoms with van der Waals surface area (Å²) in [6, 6.07) is 5.76. The van der Waals surface area contributed by atoms with Gasteiger partial charge in [-0.2, -0.15) is 0 Å². The van der Waals surface area contributed by atoms with Crippen molar-refractivity contribution in [3.63, 3.8) is 0 Å². The molecule has 5 heteroatoms. The lowest BCUT2D eigenvalue weighted by Gasteiger charge is -2.19. The second kappa shape index (κ2) is 7.21. The Labute approximate surface area is 146 Å².